The number of nitrogens with zero attached hydrogens (tertiary/aromatic N) is 4. The number of amides is 6. The average Bonchev–Trinajstić information content (AvgIpc) is 3.54. The zero-order valence-electron chi connectivity index (χ0n) is 28.6. The Morgan fingerprint density at radius 3 is 2.11 bits per heavy atom. The molecule has 3 rings (SSSR count). The number of carbonyl (C=O) groups excluding carboxylic acids is 6. The van der Waals surface area contributed by atoms with Crippen LogP contribution in [0.4, 0.5) is 0 Å². The van der Waals surface area contributed by atoms with Crippen LogP contribution in [0, 0.1) is 11.8 Å². The van der Waals surface area contributed by atoms with Crippen LogP contribution in [0.2, 0.25) is 0 Å². The van der Waals surface area contributed by atoms with Crippen LogP contribution in [0.25, 0.3) is 0 Å². The lowest BCUT2D eigenvalue weighted by Gasteiger charge is -2.38. The monoisotopic (exact) mass is 640 g/mol. The number of rotatable bonds is 5. The Labute approximate surface area is 273 Å². The van der Waals surface area contributed by atoms with E-state index in [9.17, 15) is 28.8 Å². The van der Waals surface area contributed by atoms with Gasteiger partial charge in [0.15, 0.2) is 0 Å². The summed E-state index contributed by atoms with van der Waals surface area (Å²) in [6.45, 7) is 9.39. The van der Waals surface area contributed by atoms with E-state index in [0.29, 0.717) is 25.8 Å². The molecule has 0 spiro atoms. The summed E-state index contributed by atoms with van der Waals surface area (Å²) in [7, 11) is 4.64. The van der Waals surface area contributed by atoms with Gasteiger partial charge < -0.3 is 30.2 Å². The van der Waals surface area contributed by atoms with E-state index >= 15 is 0 Å². The molecule has 6 atom stereocenters. The summed E-state index contributed by atoms with van der Waals surface area (Å²) >= 11 is 0. The summed E-state index contributed by atoms with van der Waals surface area (Å²) in [5.41, 5.74) is 0.860. The molecule has 254 valence electrons. The zero-order valence-corrected chi connectivity index (χ0v) is 28.6. The number of hydrogen-bond donors (Lipinski definition) is 2. The molecule has 0 bridgehead atoms. The Kier molecular flexibility index (Phi) is 12.7. The average molecular weight is 641 g/mol. The molecule has 2 N–H and O–H groups in total. The van der Waals surface area contributed by atoms with Gasteiger partial charge in [-0.3, -0.25) is 28.8 Å². The Balaban J connectivity index is 2.06. The Bertz CT molecular complexity index is 1270. The fraction of sp³-hybridized carbons (Fsp3) is 0.647. The molecule has 2 fully saturated rings. The lowest BCUT2D eigenvalue weighted by atomic mass is 9.94. The van der Waals surface area contributed by atoms with Crippen molar-refractivity contribution >= 4 is 35.4 Å². The Hall–Kier alpha value is -3.96. The minimum absolute atomic E-state index is 0.0119. The van der Waals surface area contributed by atoms with Crippen molar-refractivity contribution in [2.75, 3.05) is 34.2 Å². The fourth-order valence-electron chi connectivity index (χ4n) is 6.27. The van der Waals surface area contributed by atoms with Crippen molar-refractivity contribution in [3.63, 3.8) is 0 Å². The maximum absolute atomic E-state index is 14.2. The molecule has 0 aliphatic carbocycles. The van der Waals surface area contributed by atoms with Crippen LogP contribution < -0.4 is 10.6 Å². The first-order valence-electron chi connectivity index (χ1n) is 16.4. The van der Waals surface area contributed by atoms with Gasteiger partial charge in [-0.05, 0) is 37.2 Å². The molecule has 2 aliphatic rings. The standard InChI is InChI=1S/C34H52N6O6/c1-9-22(4)28-33(45)39(8)29(21(2)3)34(46)37(6)23(5)30(42)35-18-17-27(41)38(7)26(20-24-14-11-10-12-15-24)32(44)40-19-13-16-25(40)31(43)36-28/h10-12,14-15,21-23,25-26,28-29H,9,13,16-20H2,1-8H3,(H,35,42)(H,36,43)/t22-,23-,25-,26-,28-,29-/m0/s1. The van der Waals surface area contributed by atoms with Crippen LogP contribution in [0.5, 0.6) is 0 Å². The normalized spacial score (nSPS) is 27.2. The van der Waals surface area contributed by atoms with Gasteiger partial charge in [0.25, 0.3) is 0 Å². The van der Waals surface area contributed by atoms with E-state index in [1.807, 2.05) is 58.0 Å². The molecule has 1 aromatic carbocycles. The van der Waals surface area contributed by atoms with Crippen molar-refractivity contribution in [3.8, 4) is 0 Å². The topological polar surface area (TPSA) is 139 Å². The van der Waals surface area contributed by atoms with Gasteiger partial charge in [0.05, 0.1) is 0 Å². The van der Waals surface area contributed by atoms with Gasteiger partial charge in [0, 0.05) is 47.1 Å². The molecule has 2 aliphatic heterocycles. The van der Waals surface area contributed by atoms with E-state index in [0.717, 1.165) is 5.56 Å². The highest BCUT2D eigenvalue weighted by atomic mass is 16.2. The predicted octanol–water partition coefficient (Wildman–Crippen LogP) is 1.43. The second-order valence-electron chi connectivity index (χ2n) is 13.1. The molecule has 1 aromatic rings. The molecule has 0 radical (unpaired) electrons. The molecule has 2 saturated heterocycles. The third-order valence-corrected chi connectivity index (χ3v) is 9.63. The van der Waals surface area contributed by atoms with Crippen molar-refractivity contribution in [2.45, 2.75) is 96.9 Å². The van der Waals surface area contributed by atoms with E-state index in [4.69, 9.17) is 0 Å². The molecular weight excluding hydrogens is 588 g/mol. The molecule has 12 nitrogen and oxygen atoms in total. The maximum Gasteiger partial charge on any atom is 0.246 e. The third-order valence-electron chi connectivity index (χ3n) is 9.63. The summed E-state index contributed by atoms with van der Waals surface area (Å²) in [5, 5.41) is 5.70. The zero-order chi connectivity index (χ0) is 34.3. The summed E-state index contributed by atoms with van der Waals surface area (Å²) in [4.78, 5) is 88.1. The molecule has 46 heavy (non-hydrogen) atoms. The minimum atomic E-state index is -0.938. The smallest absolute Gasteiger partial charge is 0.246 e. The third kappa shape index (κ3) is 8.24. The van der Waals surface area contributed by atoms with Crippen molar-refractivity contribution in [3.05, 3.63) is 35.9 Å². The van der Waals surface area contributed by atoms with Crippen LogP contribution in [0.15, 0.2) is 30.3 Å². The van der Waals surface area contributed by atoms with Gasteiger partial charge in [-0.1, -0.05) is 64.4 Å². The lowest BCUT2D eigenvalue weighted by Crippen LogP contribution is -2.61. The van der Waals surface area contributed by atoms with E-state index < -0.39 is 53.8 Å². The number of benzene rings is 1. The van der Waals surface area contributed by atoms with Crippen molar-refractivity contribution in [2.24, 2.45) is 11.8 Å². The number of carbonyl (C=O) groups is 6. The highest BCUT2D eigenvalue weighted by molar-refractivity contribution is 5.97. The van der Waals surface area contributed by atoms with Gasteiger partial charge in [0.1, 0.15) is 30.2 Å². The van der Waals surface area contributed by atoms with Gasteiger partial charge in [-0.2, -0.15) is 0 Å². The van der Waals surface area contributed by atoms with Crippen LogP contribution in [-0.4, -0.2) is 119 Å². The quantitative estimate of drug-likeness (QED) is 0.499. The Morgan fingerprint density at radius 2 is 1.50 bits per heavy atom. The first-order valence-corrected chi connectivity index (χ1v) is 16.4. The number of fused-ring (bicyclic) bond motifs is 1. The fourth-order valence-corrected chi connectivity index (χ4v) is 6.27. The summed E-state index contributed by atoms with van der Waals surface area (Å²) in [6.07, 6.45) is 1.80. The Morgan fingerprint density at radius 1 is 0.848 bits per heavy atom. The van der Waals surface area contributed by atoms with Crippen molar-refractivity contribution in [1.82, 2.24) is 30.2 Å². The highest BCUT2D eigenvalue weighted by Gasteiger charge is 2.43. The summed E-state index contributed by atoms with van der Waals surface area (Å²) in [5.74, 6) is -2.94. The van der Waals surface area contributed by atoms with Crippen LogP contribution in [0.1, 0.15) is 65.9 Å². The van der Waals surface area contributed by atoms with E-state index in [1.54, 1.807) is 21.0 Å². The molecular formula is C34H52N6O6. The molecule has 2 heterocycles. The number of hydrogen-bond acceptors (Lipinski definition) is 6. The summed E-state index contributed by atoms with van der Waals surface area (Å²) < 4.78 is 0. The van der Waals surface area contributed by atoms with Gasteiger partial charge in [-0.15, -0.1) is 0 Å². The minimum Gasteiger partial charge on any atom is -0.354 e. The first-order chi connectivity index (χ1) is 21.7. The molecule has 6 amide bonds. The second kappa shape index (κ2) is 16.0. The van der Waals surface area contributed by atoms with Gasteiger partial charge in [-0.25, -0.2) is 0 Å². The lowest BCUT2D eigenvalue weighted by molar-refractivity contribution is -0.151. The van der Waals surface area contributed by atoms with E-state index in [-0.39, 0.29) is 43.0 Å². The van der Waals surface area contributed by atoms with Gasteiger partial charge >= 0.3 is 0 Å². The molecule has 0 unspecified atom stereocenters. The van der Waals surface area contributed by atoms with Crippen molar-refractivity contribution < 1.29 is 28.8 Å². The van der Waals surface area contributed by atoms with Crippen molar-refractivity contribution in [1.29, 1.82) is 0 Å². The predicted molar refractivity (Wildman–Crippen MR) is 174 cm³/mol. The van der Waals surface area contributed by atoms with Crippen LogP contribution >= 0.6 is 0 Å². The first kappa shape index (κ1) is 36.5. The highest BCUT2D eigenvalue weighted by Crippen LogP contribution is 2.24. The van der Waals surface area contributed by atoms with Gasteiger partial charge in [0.2, 0.25) is 35.4 Å². The number of likely N-dealkylation sites (N-methyl/N-ethyl adjacent to an activating group) is 3. The molecule has 0 aromatic heterocycles. The second-order valence-corrected chi connectivity index (χ2v) is 13.1. The van der Waals surface area contributed by atoms with Crippen LogP contribution in [-0.2, 0) is 35.2 Å². The number of nitrogens with one attached hydrogen (secondary N) is 2. The van der Waals surface area contributed by atoms with E-state index in [1.165, 1.54) is 26.6 Å². The largest absolute Gasteiger partial charge is 0.354 e. The molecule has 12 heteroatoms. The SMILES string of the molecule is CC[C@H](C)[C@@H]1NC(=O)[C@@H]2CCCN2C(=O)[C@H](Cc2ccccc2)N(C)C(=O)CCNC(=O)[C@H](C)N(C)C(=O)[C@H](C(C)C)N(C)C1=O. The van der Waals surface area contributed by atoms with Crippen LogP contribution in [0.3, 0.4) is 0 Å². The summed E-state index contributed by atoms with van der Waals surface area (Å²) in [6, 6.07) is 4.97. The van der Waals surface area contributed by atoms with E-state index in [2.05, 4.69) is 10.6 Å². The molecule has 0 saturated carbocycles. The maximum atomic E-state index is 14.2.